The molecule has 1 heterocycles. The molecule has 0 aromatic rings. The van der Waals surface area contributed by atoms with E-state index in [-0.39, 0.29) is 6.09 Å². The van der Waals surface area contributed by atoms with Crippen molar-refractivity contribution in [2.75, 3.05) is 13.1 Å². The lowest BCUT2D eigenvalue weighted by Crippen LogP contribution is -2.55. The third-order valence-electron chi connectivity index (χ3n) is 4.98. The summed E-state index contributed by atoms with van der Waals surface area (Å²) in [5.41, 5.74) is 0. The number of aldehydes is 1. The number of amides is 1. The molecule has 1 amide bonds. The standard InChI is InChI=1S/C15H23NO3/c1-4-19-15(18)16-8-13-10(2)7-11(3)14(9-16)12(13)5-6-17/h4,6,10-14H,1,5,7-9H2,2-3H3/t10-,11-,12?,13?,14?/m1/s1. The van der Waals surface area contributed by atoms with Crippen LogP contribution in [-0.4, -0.2) is 30.4 Å². The molecule has 106 valence electrons. The van der Waals surface area contributed by atoms with Gasteiger partial charge in [0.15, 0.2) is 0 Å². The van der Waals surface area contributed by atoms with Crippen molar-refractivity contribution in [1.82, 2.24) is 4.90 Å². The minimum Gasteiger partial charge on any atom is -0.419 e. The van der Waals surface area contributed by atoms with Crippen LogP contribution in [0, 0.1) is 29.6 Å². The van der Waals surface area contributed by atoms with Crippen molar-refractivity contribution in [3.63, 3.8) is 0 Å². The lowest BCUT2D eigenvalue weighted by atomic mass is 9.59. The van der Waals surface area contributed by atoms with Crippen molar-refractivity contribution in [1.29, 1.82) is 0 Å². The van der Waals surface area contributed by atoms with Crippen LogP contribution >= 0.6 is 0 Å². The Morgan fingerprint density at radius 1 is 1.32 bits per heavy atom. The average Bonchev–Trinajstić information content (AvgIpc) is 2.37. The van der Waals surface area contributed by atoms with E-state index < -0.39 is 0 Å². The zero-order valence-corrected chi connectivity index (χ0v) is 11.7. The fourth-order valence-electron chi connectivity index (χ4n) is 4.07. The van der Waals surface area contributed by atoms with E-state index in [1.165, 1.54) is 12.7 Å². The van der Waals surface area contributed by atoms with Crippen LogP contribution in [0.1, 0.15) is 26.7 Å². The summed E-state index contributed by atoms with van der Waals surface area (Å²) < 4.78 is 4.89. The molecular weight excluding hydrogens is 242 g/mol. The Morgan fingerprint density at radius 3 is 2.37 bits per heavy atom. The number of ether oxygens (including phenoxy) is 1. The summed E-state index contributed by atoms with van der Waals surface area (Å²) in [6.07, 6.45) is 3.72. The van der Waals surface area contributed by atoms with Gasteiger partial charge in [0.2, 0.25) is 0 Å². The Hall–Kier alpha value is -1.32. The first-order valence-corrected chi connectivity index (χ1v) is 7.08. The number of rotatable bonds is 3. The molecule has 2 fully saturated rings. The molecule has 2 unspecified atom stereocenters. The van der Waals surface area contributed by atoms with Crippen molar-refractivity contribution in [2.24, 2.45) is 29.6 Å². The molecule has 1 saturated heterocycles. The molecule has 0 aromatic carbocycles. The van der Waals surface area contributed by atoms with Gasteiger partial charge >= 0.3 is 6.09 Å². The predicted molar refractivity (Wildman–Crippen MR) is 72.3 cm³/mol. The molecule has 0 radical (unpaired) electrons. The molecule has 2 rings (SSSR count). The Labute approximate surface area is 114 Å². The molecular formula is C15H23NO3. The van der Waals surface area contributed by atoms with Crippen molar-refractivity contribution in [3.05, 3.63) is 12.8 Å². The number of hydrogen-bond donors (Lipinski definition) is 0. The Balaban J connectivity index is 2.16. The second-order valence-corrected chi connectivity index (χ2v) is 6.04. The average molecular weight is 265 g/mol. The third kappa shape index (κ3) is 2.67. The molecule has 1 aliphatic heterocycles. The minimum absolute atomic E-state index is 0.309. The SMILES string of the molecule is C=COC(=O)N1CC2C(CC=O)C(C1)[C@H](C)C[C@H]2C. The van der Waals surface area contributed by atoms with Crippen LogP contribution in [0.3, 0.4) is 0 Å². The van der Waals surface area contributed by atoms with E-state index in [1.807, 2.05) is 0 Å². The highest BCUT2D eigenvalue weighted by molar-refractivity contribution is 5.68. The van der Waals surface area contributed by atoms with Crippen LogP contribution in [0.25, 0.3) is 0 Å². The summed E-state index contributed by atoms with van der Waals surface area (Å²) in [6, 6.07) is 0. The van der Waals surface area contributed by atoms with E-state index in [2.05, 4.69) is 20.4 Å². The molecule has 4 heteroatoms. The molecule has 4 nitrogen and oxygen atoms in total. The van der Waals surface area contributed by atoms with Gasteiger partial charge in [-0.3, -0.25) is 0 Å². The van der Waals surface area contributed by atoms with Gasteiger partial charge in [-0.25, -0.2) is 4.79 Å². The largest absolute Gasteiger partial charge is 0.419 e. The Kier molecular flexibility index (Phi) is 4.27. The van der Waals surface area contributed by atoms with Gasteiger partial charge in [-0.05, 0) is 36.0 Å². The van der Waals surface area contributed by atoms with E-state index in [4.69, 9.17) is 4.74 Å². The second kappa shape index (κ2) is 5.76. The summed E-state index contributed by atoms with van der Waals surface area (Å²) in [5.74, 6) is 2.35. The van der Waals surface area contributed by atoms with Gasteiger partial charge in [-0.2, -0.15) is 0 Å². The van der Waals surface area contributed by atoms with Gasteiger partial charge in [0, 0.05) is 19.5 Å². The summed E-state index contributed by atoms with van der Waals surface area (Å²) in [6.45, 7) is 9.30. The maximum absolute atomic E-state index is 11.9. The van der Waals surface area contributed by atoms with Crippen LogP contribution in [-0.2, 0) is 9.53 Å². The first kappa shape index (κ1) is 14.1. The second-order valence-electron chi connectivity index (χ2n) is 6.04. The zero-order chi connectivity index (χ0) is 14.0. The van der Waals surface area contributed by atoms with E-state index in [9.17, 15) is 9.59 Å². The topological polar surface area (TPSA) is 46.6 Å². The molecule has 1 aliphatic carbocycles. The first-order chi connectivity index (χ1) is 9.08. The van der Waals surface area contributed by atoms with Crippen LogP contribution < -0.4 is 0 Å². The van der Waals surface area contributed by atoms with Gasteiger partial charge in [0.1, 0.15) is 6.29 Å². The highest BCUT2D eigenvalue weighted by Gasteiger charge is 2.46. The molecule has 2 bridgehead atoms. The molecule has 4 atom stereocenters. The van der Waals surface area contributed by atoms with Crippen LogP contribution in [0.4, 0.5) is 4.79 Å². The normalized spacial score (nSPS) is 37.6. The maximum atomic E-state index is 11.9. The van der Waals surface area contributed by atoms with Crippen LogP contribution in [0.5, 0.6) is 0 Å². The summed E-state index contributed by atoms with van der Waals surface area (Å²) in [7, 11) is 0. The fraction of sp³-hybridized carbons (Fsp3) is 0.733. The van der Waals surface area contributed by atoms with Crippen molar-refractivity contribution < 1.29 is 14.3 Å². The van der Waals surface area contributed by atoms with E-state index in [0.29, 0.717) is 49.1 Å². The van der Waals surface area contributed by atoms with Crippen LogP contribution in [0.2, 0.25) is 0 Å². The maximum Gasteiger partial charge on any atom is 0.414 e. The van der Waals surface area contributed by atoms with Gasteiger partial charge in [-0.1, -0.05) is 20.4 Å². The summed E-state index contributed by atoms with van der Waals surface area (Å²) >= 11 is 0. The van der Waals surface area contributed by atoms with E-state index in [1.54, 1.807) is 4.90 Å². The monoisotopic (exact) mass is 265 g/mol. The highest BCUT2D eigenvalue weighted by atomic mass is 16.5. The number of hydrogen-bond acceptors (Lipinski definition) is 3. The zero-order valence-electron chi connectivity index (χ0n) is 11.7. The molecule has 0 spiro atoms. The van der Waals surface area contributed by atoms with Gasteiger partial charge in [-0.15, -0.1) is 0 Å². The van der Waals surface area contributed by atoms with E-state index in [0.717, 1.165) is 6.29 Å². The van der Waals surface area contributed by atoms with Gasteiger partial charge in [0.05, 0.1) is 6.26 Å². The third-order valence-corrected chi connectivity index (χ3v) is 4.98. The molecule has 2 aliphatic rings. The Morgan fingerprint density at radius 2 is 1.89 bits per heavy atom. The van der Waals surface area contributed by atoms with E-state index >= 15 is 0 Å². The molecule has 1 saturated carbocycles. The first-order valence-electron chi connectivity index (χ1n) is 7.08. The molecule has 0 N–H and O–H groups in total. The quantitative estimate of drug-likeness (QED) is 0.582. The molecule has 0 aromatic heterocycles. The van der Waals surface area contributed by atoms with Crippen LogP contribution in [0.15, 0.2) is 12.8 Å². The number of fused-ring (bicyclic) bond motifs is 2. The summed E-state index contributed by atoms with van der Waals surface area (Å²) in [5, 5.41) is 0. The van der Waals surface area contributed by atoms with Crippen molar-refractivity contribution in [3.8, 4) is 0 Å². The lowest BCUT2D eigenvalue weighted by molar-refractivity contribution is -0.112. The lowest BCUT2D eigenvalue weighted by Gasteiger charge is -2.52. The number of carbonyl (C=O) groups is 2. The number of likely N-dealkylation sites (tertiary alicyclic amines) is 1. The summed E-state index contributed by atoms with van der Waals surface area (Å²) in [4.78, 5) is 24.6. The number of nitrogens with zero attached hydrogens (tertiary/aromatic N) is 1. The van der Waals surface area contributed by atoms with Crippen molar-refractivity contribution in [2.45, 2.75) is 26.7 Å². The highest BCUT2D eigenvalue weighted by Crippen LogP contribution is 2.47. The Bertz CT molecular complexity index is 350. The van der Waals surface area contributed by atoms with Crippen molar-refractivity contribution >= 4 is 12.4 Å². The number of piperidine rings is 1. The smallest absolute Gasteiger partial charge is 0.414 e. The minimum atomic E-state index is -0.309. The van der Waals surface area contributed by atoms with Gasteiger partial charge < -0.3 is 14.4 Å². The molecule has 19 heavy (non-hydrogen) atoms. The number of carbonyl (C=O) groups excluding carboxylic acids is 2. The van der Waals surface area contributed by atoms with Gasteiger partial charge in [0.25, 0.3) is 0 Å². The predicted octanol–water partition coefficient (Wildman–Crippen LogP) is 2.70. The fourth-order valence-corrected chi connectivity index (χ4v) is 4.07.